The van der Waals surface area contributed by atoms with Gasteiger partial charge in [-0.2, -0.15) is 4.58 Å². The van der Waals surface area contributed by atoms with Crippen LogP contribution in [0.5, 0.6) is 5.75 Å². The summed E-state index contributed by atoms with van der Waals surface area (Å²) in [5.41, 5.74) is 12.3. The van der Waals surface area contributed by atoms with Crippen LogP contribution < -0.4 is 14.7 Å². The Labute approximate surface area is 326 Å². The van der Waals surface area contributed by atoms with Gasteiger partial charge in [-0.3, -0.25) is 4.79 Å². The average Bonchev–Trinajstić information content (AvgIpc) is 3.48. The van der Waals surface area contributed by atoms with Gasteiger partial charge in [0.05, 0.1) is 11.1 Å². The lowest BCUT2D eigenvalue weighted by atomic mass is 9.80. The van der Waals surface area contributed by atoms with Crippen molar-refractivity contribution in [1.82, 2.24) is 4.90 Å². The van der Waals surface area contributed by atoms with E-state index in [9.17, 15) is 4.79 Å². The van der Waals surface area contributed by atoms with Crippen molar-refractivity contribution in [1.29, 1.82) is 0 Å². The Balaban J connectivity index is 0.00000181. The molecule has 0 spiro atoms. The highest BCUT2D eigenvalue weighted by atomic mass is 35.5. The molecule has 7 nitrogen and oxygen atoms in total. The van der Waals surface area contributed by atoms with Crippen LogP contribution in [0.25, 0.3) is 0 Å². The molecule has 3 aromatic rings. The molecule has 2 aliphatic heterocycles. The smallest absolute Gasteiger partial charge is 0.311 e. The van der Waals surface area contributed by atoms with Crippen molar-refractivity contribution in [2.24, 2.45) is 5.92 Å². The highest BCUT2D eigenvalue weighted by Crippen LogP contribution is 2.48. The fraction of sp³-hybridized carbons (Fsp3) is 0.391. The monoisotopic (exact) mass is 747 g/mol. The Morgan fingerprint density at radius 2 is 1.59 bits per heavy atom. The maximum atomic E-state index is 12.4. The minimum atomic E-state index is -0.500. The van der Waals surface area contributed by atoms with Gasteiger partial charge in [-0.05, 0) is 103 Å². The van der Waals surface area contributed by atoms with E-state index in [2.05, 4.69) is 136 Å². The molecular formula is C46H54ClN3O4. The van der Waals surface area contributed by atoms with Crippen molar-refractivity contribution in [2.75, 3.05) is 32.6 Å². The van der Waals surface area contributed by atoms with E-state index < -0.39 is 6.47 Å². The number of para-hydroxylation sites is 3. The topological polar surface area (TPSA) is 75.9 Å². The minimum Gasteiger partial charge on any atom is -0.554 e. The molecule has 0 fully saturated rings. The van der Waals surface area contributed by atoms with Crippen LogP contribution in [0.15, 0.2) is 119 Å². The molecule has 2 heterocycles. The van der Waals surface area contributed by atoms with Gasteiger partial charge in [-0.15, -0.1) is 5.73 Å². The molecule has 0 aromatic heterocycles. The number of anilines is 1. The number of carbonyl (C=O) groups excluding carboxylic acids is 2. The van der Waals surface area contributed by atoms with Crippen LogP contribution >= 0.6 is 11.6 Å². The van der Waals surface area contributed by atoms with E-state index in [1.165, 1.54) is 39.5 Å². The number of carbonyl (C=O) groups is 2. The molecule has 0 saturated heterocycles. The molecule has 284 valence electrons. The quantitative estimate of drug-likeness (QED) is 0.0490. The van der Waals surface area contributed by atoms with E-state index in [-0.39, 0.29) is 22.7 Å². The summed E-state index contributed by atoms with van der Waals surface area (Å²) >= 11 is 7.33. The van der Waals surface area contributed by atoms with Gasteiger partial charge in [0.25, 0.3) is 0 Å². The van der Waals surface area contributed by atoms with Crippen LogP contribution in [0.3, 0.4) is 0 Å². The summed E-state index contributed by atoms with van der Waals surface area (Å²) < 4.78 is 7.81. The molecule has 6 rings (SSSR count). The summed E-state index contributed by atoms with van der Waals surface area (Å²) in [5, 5.41) is 9.16. The summed E-state index contributed by atoms with van der Waals surface area (Å²) in [6, 6.07) is 27.1. The number of ether oxygens (including phenoxy) is 1. The van der Waals surface area contributed by atoms with Gasteiger partial charge in [0.2, 0.25) is 5.69 Å². The number of hydrogen-bond donors (Lipinski definition) is 0. The lowest BCUT2D eigenvalue weighted by Gasteiger charge is -2.33. The Hall–Kier alpha value is -4.68. The van der Waals surface area contributed by atoms with Crippen LogP contribution in [0.1, 0.15) is 77.3 Å². The highest BCUT2D eigenvalue weighted by molar-refractivity contribution is 6.30. The van der Waals surface area contributed by atoms with Crippen LogP contribution in [0, 0.1) is 5.92 Å². The van der Waals surface area contributed by atoms with Crippen molar-refractivity contribution in [2.45, 2.75) is 83.1 Å². The predicted octanol–water partition coefficient (Wildman–Crippen LogP) is 8.45. The Morgan fingerprint density at radius 3 is 2.28 bits per heavy atom. The fourth-order valence-electron chi connectivity index (χ4n) is 8.11. The number of fused-ring (bicyclic) bond motifs is 2. The molecule has 0 saturated carbocycles. The summed E-state index contributed by atoms with van der Waals surface area (Å²) in [6.45, 7) is 9.56. The first-order chi connectivity index (χ1) is 25.8. The van der Waals surface area contributed by atoms with Gasteiger partial charge >= 0.3 is 5.97 Å². The maximum Gasteiger partial charge on any atom is 0.311 e. The third kappa shape index (κ3) is 8.81. The summed E-state index contributed by atoms with van der Waals surface area (Å²) in [5.74, 6) is 0.485. The number of carboxylic acid groups (broad SMARTS) is 1. The molecule has 8 heteroatoms. The third-order valence-corrected chi connectivity index (χ3v) is 11.6. The van der Waals surface area contributed by atoms with E-state index in [1.54, 1.807) is 0 Å². The largest absolute Gasteiger partial charge is 0.554 e. The van der Waals surface area contributed by atoms with Gasteiger partial charge in [0.15, 0.2) is 5.71 Å². The zero-order valence-corrected chi connectivity index (χ0v) is 33.5. The summed E-state index contributed by atoms with van der Waals surface area (Å²) in [6.07, 6.45) is 11.8. The lowest BCUT2D eigenvalue weighted by Crippen LogP contribution is -2.33. The van der Waals surface area contributed by atoms with Gasteiger partial charge in [0.1, 0.15) is 12.8 Å². The van der Waals surface area contributed by atoms with E-state index in [0.717, 1.165) is 43.7 Å². The third-order valence-electron chi connectivity index (χ3n) is 11.1. The van der Waals surface area contributed by atoms with Crippen LogP contribution in [-0.2, 0) is 20.4 Å². The van der Waals surface area contributed by atoms with Crippen LogP contribution in [0.4, 0.5) is 11.4 Å². The fourth-order valence-corrected chi connectivity index (χ4v) is 8.41. The second-order valence-corrected chi connectivity index (χ2v) is 16.0. The van der Waals surface area contributed by atoms with Crippen molar-refractivity contribution < 1.29 is 24.0 Å². The van der Waals surface area contributed by atoms with Gasteiger partial charge < -0.3 is 24.4 Å². The zero-order valence-electron chi connectivity index (χ0n) is 32.8. The SMILES string of the molecule is CN(C)C1CC(/C=C/C2=[N+](C)c3ccccc3C2(C)C)=C(Cl)C(C=C=C2N(CCCCCC(=O)Oc3ccccc3)c3ccccc3C2(C)C)C1.O=C[O-]. The van der Waals surface area contributed by atoms with E-state index in [4.69, 9.17) is 26.2 Å². The van der Waals surface area contributed by atoms with Crippen molar-refractivity contribution in [3.63, 3.8) is 0 Å². The average molecular weight is 748 g/mol. The number of esters is 1. The summed E-state index contributed by atoms with van der Waals surface area (Å²) in [4.78, 5) is 25.4. The number of rotatable bonds is 11. The molecule has 1 aliphatic carbocycles. The molecule has 2 unspecified atom stereocenters. The lowest BCUT2D eigenvalue weighted by molar-refractivity contribution is -0.401. The van der Waals surface area contributed by atoms with Crippen molar-refractivity contribution in [3.8, 4) is 5.75 Å². The number of unbranched alkanes of at least 4 members (excludes halogenated alkanes) is 2. The predicted molar refractivity (Wildman–Crippen MR) is 218 cm³/mol. The number of allylic oxidation sites excluding steroid dienone is 4. The Bertz CT molecular complexity index is 1990. The summed E-state index contributed by atoms with van der Waals surface area (Å²) in [7, 11) is 6.50. The van der Waals surface area contributed by atoms with Crippen molar-refractivity contribution in [3.05, 3.63) is 130 Å². The Kier molecular flexibility index (Phi) is 13.2. The van der Waals surface area contributed by atoms with Crippen molar-refractivity contribution >= 4 is 41.1 Å². The minimum absolute atomic E-state index is 0.0634. The Morgan fingerprint density at radius 1 is 0.944 bits per heavy atom. The van der Waals surface area contributed by atoms with Crippen LogP contribution in [0.2, 0.25) is 0 Å². The normalized spacial score (nSPS) is 19.6. The van der Waals surface area contributed by atoms with E-state index in [1.807, 2.05) is 30.3 Å². The molecule has 3 aliphatic rings. The van der Waals surface area contributed by atoms with E-state index in [0.29, 0.717) is 18.2 Å². The second-order valence-electron chi connectivity index (χ2n) is 15.6. The molecule has 0 N–H and O–H groups in total. The van der Waals surface area contributed by atoms with Gasteiger partial charge in [-0.1, -0.05) is 78.7 Å². The highest BCUT2D eigenvalue weighted by Gasteiger charge is 2.43. The molecule has 3 aromatic carbocycles. The van der Waals surface area contributed by atoms with E-state index >= 15 is 0 Å². The number of nitrogens with zero attached hydrogens (tertiary/aromatic N) is 3. The standard InChI is InChI=1S/C45H53ClN3O2.CH2O2/c1-44(2)36-20-13-15-22-38(36)48(7)40(44)27-25-32-30-34(47(5)6)31-33(43(32)46)26-28-41-45(3,4)37-21-14-16-23-39(37)49(41)29-17-9-12-24-42(50)51-35-18-10-8-11-19-35;2-1-3/h8,10-11,13-16,18-23,25-27,33-34H,9,12,17,24,29-31H2,1-7H3;1H,(H,2,3)/q+1;/p-1/b27-25+;. The molecule has 0 radical (unpaired) electrons. The first-order valence-electron chi connectivity index (χ1n) is 18.9. The number of benzene rings is 3. The van der Waals surface area contributed by atoms with Gasteiger partial charge in [0, 0.05) is 65.2 Å². The molecule has 0 amide bonds. The zero-order chi connectivity index (χ0) is 39.0. The van der Waals surface area contributed by atoms with Crippen LogP contribution in [-0.4, -0.2) is 61.4 Å². The van der Waals surface area contributed by atoms with Gasteiger partial charge in [-0.25, -0.2) is 0 Å². The number of halogens is 1. The number of hydrogen-bond acceptors (Lipinski definition) is 6. The molecule has 54 heavy (non-hydrogen) atoms. The first kappa shape index (κ1) is 40.5. The molecular weight excluding hydrogens is 694 g/mol. The second kappa shape index (κ2) is 17.6. The molecule has 2 atom stereocenters. The first-order valence-corrected chi connectivity index (χ1v) is 19.3. The molecule has 0 bridgehead atoms. The maximum absolute atomic E-state index is 12.4.